The molecule has 1 heterocycles. The maximum Gasteiger partial charge on any atom is 0.115 e. The average molecular weight is 297 g/mol. The monoisotopic (exact) mass is 295 g/mol. The van der Waals surface area contributed by atoms with Gasteiger partial charge in [-0.05, 0) is 27.9 Å². The van der Waals surface area contributed by atoms with Gasteiger partial charge in [0, 0.05) is 23.0 Å². The van der Waals surface area contributed by atoms with Crippen molar-refractivity contribution in [1.29, 1.82) is 0 Å². The van der Waals surface area contributed by atoms with Gasteiger partial charge in [-0.25, -0.2) is 4.98 Å². The molecule has 1 rings (SSSR count). The molecule has 5 heteroatoms. The van der Waals surface area contributed by atoms with Gasteiger partial charge >= 0.3 is 0 Å². The Kier molecular flexibility index (Phi) is 5.23. The van der Waals surface area contributed by atoms with Gasteiger partial charge < -0.3 is 5.11 Å². The van der Waals surface area contributed by atoms with Crippen LogP contribution in [0.2, 0.25) is 5.02 Å². The number of aliphatic hydroxyl groups is 1. The van der Waals surface area contributed by atoms with Crippen LogP contribution in [0.5, 0.6) is 0 Å². The predicted molar refractivity (Wildman–Crippen MR) is 63.9 cm³/mol. The lowest BCUT2D eigenvalue weighted by molar-refractivity contribution is 0.250. The first kappa shape index (κ1) is 12.3. The topological polar surface area (TPSA) is 33.1 Å². The quantitative estimate of drug-likeness (QED) is 0.866. The van der Waals surface area contributed by atoms with E-state index in [0.29, 0.717) is 5.02 Å². The zero-order chi connectivity index (χ0) is 10.6. The second-order valence-electron chi connectivity index (χ2n) is 3.04. The summed E-state index contributed by atoms with van der Waals surface area (Å²) < 4.78 is 0.877. The van der Waals surface area contributed by atoms with Crippen molar-refractivity contribution in [3.63, 3.8) is 0 Å². The van der Waals surface area contributed by atoms with E-state index in [2.05, 4.69) is 20.9 Å². The van der Waals surface area contributed by atoms with Crippen molar-refractivity contribution in [2.24, 2.45) is 5.92 Å². The predicted octanol–water partition coefficient (Wildman–Crippen LogP) is 3.22. The van der Waals surface area contributed by atoms with Gasteiger partial charge in [-0.3, -0.25) is 0 Å². The third-order valence-corrected chi connectivity index (χ3v) is 3.76. The van der Waals surface area contributed by atoms with Gasteiger partial charge in [0.25, 0.3) is 0 Å². The van der Waals surface area contributed by atoms with E-state index in [1.807, 2.05) is 13.0 Å². The van der Waals surface area contributed by atoms with Crippen LogP contribution in [-0.2, 0) is 0 Å². The summed E-state index contributed by atoms with van der Waals surface area (Å²) in [6.45, 7) is 2.18. The molecule has 0 aliphatic rings. The molecule has 0 radical (unpaired) electrons. The number of hydrogen-bond acceptors (Lipinski definition) is 3. The second kappa shape index (κ2) is 5.95. The lowest BCUT2D eigenvalue weighted by Crippen LogP contribution is -2.03. The van der Waals surface area contributed by atoms with E-state index in [9.17, 15) is 0 Å². The molecule has 1 unspecified atom stereocenters. The minimum atomic E-state index is 0.196. The molecule has 1 N–H and O–H groups in total. The highest BCUT2D eigenvalue weighted by atomic mass is 79.9. The first-order valence-electron chi connectivity index (χ1n) is 4.18. The molecule has 78 valence electrons. The highest BCUT2D eigenvalue weighted by Crippen LogP contribution is 2.28. The Morgan fingerprint density at radius 3 is 3.00 bits per heavy atom. The van der Waals surface area contributed by atoms with Gasteiger partial charge in [-0.1, -0.05) is 18.5 Å². The minimum absolute atomic E-state index is 0.196. The summed E-state index contributed by atoms with van der Waals surface area (Å²) in [6, 6.07) is 1.82. The maximum absolute atomic E-state index is 8.85. The van der Waals surface area contributed by atoms with Crippen molar-refractivity contribution in [1.82, 2.24) is 4.98 Å². The molecular formula is C9H11BrClNOS. The smallest absolute Gasteiger partial charge is 0.115 e. The van der Waals surface area contributed by atoms with Crippen LogP contribution in [0.15, 0.2) is 21.8 Å². The van der Waals surface area contributed by atoms with Crippen molar-refractivity contribution in [2.75, 3.05) is 12.4 Å². The van der Waals surface area contributed by atoms with Gasteiger partial charge in [0.05, 0.1) is 5.02 Å². The van der Waals surface area contributed by atoms with Gasteiger partial charge in [-0.2, -0.15) is 0 Å². The number of thioether (sulfide) groups is 1. The summed E-state index contributed by atoms with van der Waals surface area (Å²) in [6.07, 6.45) is 1.72. The number of halogens is 2. The third kappa shape index (κ3) is 3.77. The number of nitrogens with zero attached hydrogens (tertiary/aromatic N) is 1. The van der Waals surface area contributed by atoms with Crippen molar-refractivity contribution in [2.45, 2.75) is 11.9 Å². The van der Waals surface area contributed by atoms with Gasteiger partial charge in [0.1, 0.15) is 5.03 Å². The van der Waals surface area contributed by atoms with Crippen LogP contribution < -0.4 is 0 Å². The van der Waals surface area contributed by atoms with Gasteiger partial charge in [0.15, 0.2) is 0 Å². The molecule has 0 saturated heterocycles. The van der Waals surface area contributed by atoms with E-state index in [1.54, 1.807) is 18.0 Å². The summed E-state index contributed by atoms with van der Waals surface area (Å²) in [5.41, 5.74) is 0. The maximum atomic E-state index is 8.85. The third-order valence-electron chi connectivity index (χ3n) is 1.59. The zero-order valence-corrected chi connectivity index (χ0v) is 10.9. The lowest BCUT2D eigenvalue weighted by atomic mass is 10.2. The Labute approximate surface area is 101 Å². The molecule has 1 aromatic rings. The van der Waals surface area contributed by atoms with Crippen molar-refractivity contribution < 1.29 is 5.11 Å². The molecule has 2 nitrogen and oxygen atoms in total. The molecule has 1 aromatic heterocycles. The first-order chi connectivity index (χ1) is 6.63. The number of aromatic nitrogens is 1. The molecule has 0 aliphatic heterocycles. The molecule has 14 heavy (non-hydrogen) atoms. The SMILES string of the molecule is CC(CO)CSc1ncc(Br)cc1Cl. The Hall–Kier alpha value is 0.230. The molecule has 1 atom stereocenters. The molecule has 0 amide bonds. The molecule has 0 aromatic carbocycles. The summed E-state index contributed by atoms with van der Waals surface area (Å²) in [5.74, 6) is 1.09. The fraction of sp³-hybridized carbons (Fsp3) is 0.444. The summed E-state index contributed by atoms with van der Waals surface area (Å²) in [4.78, 5) is 4.19. The van der Waals surface area contributed by atoms with Crippen molar-refractivity contribution >= 4 is 39.3 Å². The Morgan fingerprint density at radius 1 is 1.71 bits per heavy atom. The molecule has 0 bridgehead atoms. The number of pyridine rings is 1. The number of aliphatic hydroxyl groups excluding tert-OH is 1. The fourth-order valence-corrected chi connectivity index (χ4v) is 2.45. The molecule has 0 saturated carbocycles. The van der Waals surface area contributed by atoms with E-state index in [0.717, 1.165) is 15.3 Å². The van der Waals surface area contributed by atoms with E-state index in [-0.39, 0.29) is 12.5 Å². The second-order valence-corrected chi connectivity index (χ2v) is 5.37. The van der Waals surface area contributed by atoms with Crippen LogP contribution in [0.25, 0.3) is 0 Å². The van der Waals surface area contributed by atoms with Crippen LogP contribution in [0.1, 0.15) is 6.92 Å². The summed E-state index contributed by atoms with van der Waals surface area (Å²) >= 11 is 10.8. The van der Waals surface area contributed by atoms with E-state index in [4.69, 9.17) is 16.7 Å². The molecule has 0 spiro atoms. The Morgan fingerprint density at radius 2 is 2.43 bits per heavy atom. The van der Waals surface area contributed by atoms with Crippen LogP contribution in [0.3, 0.4) is 0 Å². The normalized spacial score (nSPS) is 12.9. The summed E-state index contributed by atoms with van der Waals surface area (Å²) in [7, 11) is 0. The Bertz CT molecular complexity index is 311. The Balaban J connectivity index is 2.59. The summed E-state index contributed by atoms with van der Waals surface area (Å²) in [5, 5.41) is 10.3. The lowest BCUT2D eigenvalue weighted by Gasteiger charge is -2.07. The van der Waals surface area contributed by atoms with Gasteiger partial charge in [0.2, 0.25) is 0 Å². The first-order valence-corrected chi connectivity index (χ1v) is 6.34. The van der Waals surface area contributed by atoms with E-state index < -0.39 is 0 Å². The number of rotatable bonds is 4. The molecular weight excluding hydrogens is 286 g/mol. The molecule has 0 fully saturated rings. The van der Waals surface area contributed by atoms with Crippen molar-refractivity contribution in [3.8, 4) is 0 Å². The van der Waals surface area contributed by atoms with E-state index in [1.165, 1.54) is 0 Å². The van der Waals surface area contributed by atoms with Crippen LogP contribution in [-0.4, -0.2) is 22.5 Å². The minimum Gasteiger partial charge on any atom is -0.396 e. The van der Waals surface area contributed by atoms with E-state index >= 15 is 0 Å². The standard InChI is InChI=1S/C9H11BrClNOS/c1-6(4-13)5-14-9-8(11)2-7(10)3-12-9/h2-3,6,13H,4-5H2,1H3. The van der Waals surface area contributed by atoms with Crippen molar-refractivity contribution in [3.05, 3.63) is 21.8 Å². The fourth-order valence-electron chi connectivity index (χ4n) is 0.782. The van der Waals surface area contributed by atoms with Crippen LogP contribution >= 0.6 is 39.3 Å². The average Bonchev–Trinajstić information content (AvgIpc) is 2.16. The highest BCUT2D eigenvalue weighted by molar-refractivity contribution is 9.10. The largest absolute Gasteiger partial charge is 0.396 e. The zero-order valence-electron chi connectivity index (χ0n) is 7.70. The van der Waals surface area contributed by atoms with Crippen LogP contribution in [0, 0.1) is 5.92 Å². The van der Waals surface area contributed by atoms with Crippen LogP contribution in [0.4, 0.5) is 0 Å². The highest BCUT2D eigenvalue weighted by Gasteiger charge is 2.06. The van der Waals surface area contributed by atoms with Gasteiger partial charge in [-0.15, -0.1) is 11.8 Å². The molecule has 0 aliphatic carbocycles. The number of hydrogen-bond donors (Lipinski definition) is 1.